The summed E-state index contributed by atoms with van der Waals surface area (Å²) in [4.78, 5) is 37.0. The molecule has 2 atom stereocenters. The van der Waals surface area contributed by atoms with E-state index in [1.165, 1.54) is 6.08 Å². The molecule has 2 aliphatic rings. The van der Waals surface area contributed by atoms with Crippen LogP contribution in [0.2, 0.25) is 0 Å². The molecular formula is C25H25N7O2. The summed E-state index contributed by atoms with van der Waals surface area (Å²) in [7, 11) is 0. The van der Waals surface area contributed by atoms with Gasteiger partial charge >= 0.3 is 0 Å². The van der Waals surface area contributed by atoms with Gasteiger partial charge in [0.1, 0.15) is 11.7 Å². The molecule has 0 unspecified atom stereocenters. The van der Waals surface area contributed by atoms with Crippen LogP contribution in [0.25, 0.3) is 27.7 Å². The summed E-state index contributed by atoms with van der Waals surface area (Å²) >= 11 is 0. The quantitative estimate of drug-likeness (QED) is 0.477. The van der Waals surface area contributed by atoms with Crippen molar-refractivity contribution in [1.82, 2.24) is 34.6 Å². The topological polar surface area (TPSA) is 99.5 Å². The maximum atomic E-state index is 13.2. The molecule has 6 rings (SSSR count). The third-order valence-corrected chi connectivity index (χ3v) is 7.08. The van der Waals surface area contributed by atoms with Gasteiger partial charge in [-0.05, 0) is 55.2 Å². The highest BCUT2D eigenvalue weighted by Crippen LogP contribution is 2.35. The Morgan fingerprint density at radius 2 is 2.03 bits per heavy atom. The molecule has 4 aromatic rings. The van der Waals surface area contributed by atoms with Gasteiger partial charge in [0, 0.05) is 54.6 Å². The minimum atomic E-state index is -0.371. The van der Waals surface area contributed by atoms with Gasteiger partial charge in [-0.25, -0.2) is 4.98 Å². The van der Waals surface area contributed by atoms with Crippen molar-refractivity contribution in [3.05, 3.63) is 61.2 Å². The number of aromatic amines is 1. The van der Waals surface area contributed by atoms with E-state index in [-0.39, 0.29) is 23.8 Å². The predicted molar refractivity (Wildman–Crippen MR) is 127 cm³/mol. The Hall–Kier alpha value is -4.01. The lowest BCUT2D eigenvalue weighted by Crippen LogP contribution is -2.46. The first-order valence-electron chi connectivity index (χ1n) is 11.6. The van der Waals surface area contributed by atoms with Crippen LogP contribution in [0.5, 0.6) is 0 Å². The van der Waals surface area contributed by atoms with Crippen LogP contribution in [0.4, 0.5) is 0 Å². The van der Waals surface area contributed by atoms with Gasteiger partial charge in [-0.15, -0.1) is 0 Å². The number of carbonyl (C=O) groups excluding carboxylic acids is 2. The molecule has 0 spiro atoms. The number of nitrogens with one attached hydrogen (secondary N) is 1. The SMILES string of the molecule is C=CC(=O)N1CCC[C@H]1C(=O)N1CC[C@H](c2cc3c(-c4cnn5ncccc45)ccnc3[nH]2)C1. The molecule has 2 aliphatic heterocycles. The molecule has 2 amide bonds. The number of H-pyrrole nitrogens is 1. The summed E-state index contributed by atoms with van der Waals surface area (Å²) in [6.07, 6.45) is 9.08. The lowest BCUT2D eigenvalue weighted by molar-refractivity contribution is -0.140. The van der Waals surface area contributed by atoms with E-state index in [0.717, 1.165) is 46.2 Å². The van der Waals surface area contributed by atoms with Crippen LogP contribution in [-0.4, -0.2) is 72.1 Å². The Bertz CT molecular complexity index is 1420. The number of likely N-dealkylation sites (tertiary alicyclic amines) is 2. The van der Waals surface area contributed by atoms with E-state index in [2.05, 4.69) is 32.8 Å². The third-order valence-electron chi connectivity index (χ3n) is 7.08. The summed E-state index contributed by atoms with van der Waals surface area (Å²) < 4.78 is 1.62. The summed E-state index contributed by atoms with van der Waals surface area (Å²) in [5, 5.41) is 9.67. The maximum absolute atomic E-state index is 13.2. The molecule has 9 heteroatoms. The highest BCUT2D eigenvalue weighted by Gasteiger charge is 2.38. The zero-order valence-electron chi connectivity index (χ0n) is 18.7. The van der Waals surface area contributed by atoms with Crippen LogP contribution in [0.1, 0.15) is 30.9 Å². The van der Waals surface area contributed by atoms with Gasteiger partial charge < -0.3 is 14.8 Å². The molecule has 1 N–H and O–H groups in total. The predicted octanol–water partition coefficient (Wildman–Crippen LogP) is 2.77. The molecule has 0 bridgehead atoms. The molecule has 0 radical (unpaired) electrons. The highest BCUT2D eigenvalue weighted by molar-refractivity contribution is 5.98. The molecular weight excluding hydrogens is 430 g/mol. The van der Waals surface area contributed by atoms with Crippen molar-refractivity contribution in [3.63, 3.8) is 0 Å². The number of carbonyl (C=O) groups is 2. The normalized spacial score (nSPS) is 20.5. The van der Waals surface area contributed by atoms with Gasteiger partial charge in [0.15, 0.2) is 0 Å². The molecule has 0 aliphatic carbocycles. The van der Waals surface area contributed by atoms with Gasteiger partial charge in [-0.1, -0.05) is 6.58 Å². The summed E-state index contributed by atoms with van der Waals surface area (Å²) in [5.74, 6) is 0.0780. The van der Waals surface area contributed by atoms with Crippen LogP contribution in [0.3, 0.4) is 0 Å². The van der Waals surface area contributed by atoms with Gasteiger partial charge in [-0.3, -0.25) is 9.59 Å². The van der Waals surface area contributed by atoms with Crippen molar-refractivity contribution in [1.29, 1.82) is 0 Å². The molecule has 0 saturated carbocycles. The third kappa shape index (κ3) is 3.27. The number of hydrogen-bond donors (Lipinski definition) is 1. The molecule has 6 heterocycles. The van der Waals surface area contributed by atoms with E-state index in [4.69, 9.17) is 0 Å². The van der Waals surface area contributed by atoms with Gasteiger partial charge in [0.05, 0.1) is 11.7 Å². The van der Waals surface area contributed by atoms with E-state index < -0.39 is 0 Å². The average Bonchev–Trinajstić information content (AvgIpc) is 3.67. The van der Waals surface area contributed by atoms with E-state index >= 15 is 0 Å². The number of aromatic nitrogens is 5. The molecule has 2 fully saturated rings. The molecule has 4 aromatic heterocycles. The van der Waals surface area contributed by atoms with Crippen molar-refractivity contribution in [2.45, 2.75) is 31.2 Å². The van der Waals surface area contributed by atoms with Crippen LogP contribution in [0.15, 0.2) is 55.5 Å². The van der Waals surface area contributed by atoms with Crippen LogP contribution < -0.4 is 0 Å². The van der Waals surface area contributed by atoms with Crippen molar-refractivity contribution >= 4 is 28.4 Å². The minimum Gasteiger partial charge on any atom is -0.343 e. The summed E-state index contributed by atoms with van der Waals surface area (Å²) in [6, 6.07) is 7.68. The number of nitrogens with zero attached hydrogens (tertiary/aromatic N) is 6. The Kier molecular flexibility index (Phi) is 4.90. The molecule has 0 aromatic carbocycles. The van der Waals surface area contributed by atoms with Gasteiger partial charge in [-0.2, -0.15) is 14.8 Å². The fourth-order valence-electron chi connectivity index (χ4n) is 5.37. The maximum Gasteiger partial charge on any atom is 0.246 e. The van der Waals surface area contributed by atoms with Crippen molar-refractivity contribution in [2.24, 2.45) is 0 Å². The monoisotopic (exact) mass is 455 g/mol. The second kappa shape index (κ2) is 8.09. The summed E-state index contributed by atoms with van der Waals surface area (Å²) in [5.41, 5.74) is 4.88. The van der Waals surface area contributed by atoms with Crippen LogP contribution >= 0.6 is 0 Å². The zero-order chi connectivity index (χ0) is 23.2. The minimum absolute atomic E-state index is 0.0454. The Morgan fingerprint density at radius 3 is 2.91 bits per heavy atom. The van der Waals surface area contributed by atoms with Crippen LogP contribution in [-0.2, 0) is 9.59 Å². The second-order valence-electron chi connectivity index (χ2n) is 8.97. The first kappa shape index (κ1) is 20.6. The van der Waals surface area contributed by atoms with E-state index in [0.29, 0.717) is 26.1 Å². The Morgan fingerprint density at radius 1 is 1.12 bits per heavy atom. The van der Waals surface area contributed by atoms with Crippen molar-refractivity contribution < 1.29 is 9.59 Å². The largest absolute Gasteiger partial charge is 0.343 e. The number of rotatable bonds is 4. The number of fused-ring (bicyclic) bond motifs is 2. The van der Waals surface area contributed by atoms with E-state index in [1.807, 2.05) is 29.3 Å². The zero-order valence-corrected chi connectivity index (χ0v) is 18.7. The van der Waals surface area contributed by atoms with E-state index in [1.54, 1.807) is 21.9 Å². The molecule has 2 saturated heterocycles. The average molecular weight is 456 g/mol. The first-order valence-corrected chi connectivity index (χ1v) is 11.6. The highest BCUT2D eigenvalue weighted by atomic mass is 16.2. The molecule has 172 valence electrons. The fraction of sp³-hybridized carbons (Fsp3) is 0.320. The smallest absolute Gasteiger partial charge is 0.246 e. The number of hydrogen-bond acceptors (Lipinski definition) is 5. The lowest BCUT2D eigenvalue weighted by atomic mass is 10.0. The lowest BCUT2D eigenvalue weighted by Gasteiger charge is -2.27. The van der Waals surface area contributed by atoms with Crippen LogP contribution in [0, 0.1) is 0 Å². The standard InChI is InChI=1S/C25H25N7O2/c1-2-23(33)31-11-4-6-22(31)25(34)30-12-8-16(15-30)20-13-18-17(7-10-26-24(18)29-20)19-14-28-32-21(19)5-3-9-27-32/h2-3,5,7,9-10,13-14,16,22H,1,4,6,8,11-12,15H2,(H,26,29)/t16-,22-/m0/s1. The Labute approximate surface area is 196 Å². The Balaban J connectivity index is 1.26. The second-order valence-corrected chi connectivity index (χ2v) is 8.97. The van der Waals surface area contributed by atoms with Crippen molar-refractivity contribution in [3.8, 4) is 11.1 Å². The van der Waals surface area contributed by atoms with E-state index in [9.17, 15) is 9.59 Å². The summed E-state index contributed by atoms with van der Waals surface area (Å²) in [6.45, 7) is 5.51. The number of pyridine rings is 1. The van der Waals surface area contributed by atoms with Crippen molar-refractivity contribution in [2.75, 3.05) is 19.6 Å². The number of amides is 2. The molecule has 34 heavy (non-hydrogen) atoms. The van der Waals surface area contributed by atoms with Gasteiger partial charge in [0.2, 0.25) is 11.8 Å². The first-order chi connectivity index (χ1) is 16.6. The molecule has 9 nitrogen and oxygen atoms in total. The fourth-order valence-corrected chi connectivity index (χ4v) is 5.37. The van der Waals surface area contributed by atoms with Gasteiger partial charge in [0.25, 0.3) is 0 Å².